The van der Waals surface area contributed by atoms with Gasteiger partial charge in [0.1, 0.15) is 0 Å². The lowest BCUT2D eigenvalue weighted by Crippen LogP contribution is -2.48. The maximum atomic E-state index is 12.3. The minimum absolute atomic E-state index is 0.0140. The Kier molecular flexibility index (Phi) is 3.92. The molecule has 1 heterocycles. The van der Waals surface area contributed by atoms with E-state index in [2.05, 4.69) is 5.32 Å². The van der Waals surface area contributed by atoms with Gasteiger partial charge < -0.3 is 19.9 Å². The number of carbonyl (C=O) groups excluding carboxylic acids is 1. The third-order valence-corrected chi connectivity index (χ3v) is 4.26. The number of aliphatic carboxylic acids is 1. The largest absolute Gasteiger partial charge is 0.481 e. The molecule has 22 heavy (non-hydrogen) atoms. The highest BCUT2D eigenvalue weighted by molar-refractivity contribution is 5.80. The Morgan fingerprint density at radius 2 is 1.91 bits per heavy atom. The number of carboxylic acid groups (broad SMARTS) is 1. The van der Waals surface area contributed by atoms with E-state index in [1.165, 1.54) is 0 Å². The van der Waals surface area contributed by atoms with Crippen LogP contribution in [-0.2, 0) is 16.0 Å². The molecule has 0 saturated heterocycles. The van der Waals surface area contributed by atoms with Crippen molar-refractivity contribution in [1.82, 2.24) is 5.32 Å². The topological polar surface area (TPSA) is 84.9 Å². The number of nitrogens with one attached hydrogen (secondary N) is 1. The number of amides is 1. The van der Waals surface area contributed by atoms with Crippen molar-refractivity contribution in [2.24, 2.45) is 0 Å². The van der Waals surface area contributed by atoms with Crippen molar-refractivity contribution in [1.29, 1.82) is 0 Å². The Bertz CT molecular complexity index is 592. The third-order valence-electron chi connectivity index (χ3n) is 4.26. The van der Waals surface area contributed by atoms with Crippen molar-refractivity contribution in [2.45, 2.75) is 44.1 Å². The number of rotatable bonds is 5. The van der Waals surface area contributed by atoms with Crippen molar-refractivity contribution in [3.05, 3.63) is 23.8 Å². The molecule has 1 fully saturated rings. The molecule has 6 nitrogen and oxygen atoms in total. The summed E-state index contributed by atoms with van der Waals surface area (Å²) in [5.74, 6) is 0.306. The maximum Gasteiger partial charge on any atom is 0.305 e. The summed E-state index contributed by atoms with van der Waals surface area (Å²) >= 11 is 0. The number of ether oxygens (including phenoxy) is 2. The lowest BCUT2D eigenvalue weighted by Gasteiger charge is -2.28. The van der Waals surface area contributed by atoms with Crippen LogP contribution in [0.15, 0.2) is 18.2 Å². The minimum Gasteiger partial charge on any atom is -0.481 e. The van der Waals surface area contributed by atoms with E-state index in [1.54, 1.807) is 12.1 Å². The molecular formula is C16H19NO5. The number of hydrogen-bond donors (Lipinski definition) is 2. The van der Waals surface area contributed by atoms with Crippen LogP contribution in [0.2, 0.25) is 0 Å². The van der Waals surface area contributed by atoms with E-state index in [0.29, 0.717) is 11.5 Å². The molecule has 1 aliphatic heterocycles. The molecule has 0 radical (unpaired) electrons. The number of fused-ring (bicyclic) bond motifs is 1. The second-order valence-electron chi connectivity index (χ2n) is 5.97. The molecule has 2 N–H and O–H groups in total. The van der Waals surface area contributed by atoms with Crippen LogP contribution in [0, 0.1) is 0 Å². The molecular weight excluding hydrogens is 286 g/mol. The maximum absolute atomic E-state index is 12.3. The SMILES string of the molecule is O=C(O)CC1(NC(=O)Cc2ccc3c(c2)OCO3)CCCC1. The quantitative estimate of drug-likeness (QED) is 0.867. The Morgan fingerprint density at radius 1 is 1.18 bits per heavy atom. The van der Waals surface area contributed by atoms with Crippen molar-refractivity contribution < 1.29 is 24.2 Å². The van der Waals surface area contributed by atoms with Gasteiger partial charge in [-0.05, 0) is 30.5 Å². The summed E-state index contributed by atoms with van der Waals surface area (Å²) in [6.45, 7) is 0.201. The summed E-state index contributed by atoms with van der Waals surface area (Å²) in [6, 6.07) is 5.40. The molecule has 3 rings (SSSR count). The average Bonchev–Trinajstić information content (AvgIpc) is 3.06. The molecule has 1 saturated carbocycles. The Labute approximate surface area is 128 Å². The summed E-state index contributed by atoms with van der Waals surface area (Å²) in [4.78, 5) is 23.3. The van der Waals surface area contributed by atoms with E-state index in [-0.39, 0.29) is 25.5 Å². The van der Waals surface area contributed by atoms with Crippen LogP contribution in [0.4, 0.5) is 0 Å². The van der Waals surface area contributed by atoms with Gasteiger partial charge in [-0.1, -0.05) is 18.9 Å². The van der Waals surface area contributed by atoms with Crippen LogP contribution in [0.3, 0.4) is 0 Å². The van der Waals surface area contributed by atoms with Gasteiger partial charge in [-0.2, -0.15) is 0 Å². The Balaban J connectivity index is 1.65. The van der Waals surface area contributed by atoms with Gasteiger partial charge in [0.2, 0.25) is 12.7 Å². The van der Waals surface area contributed by atoms with E-state index in [4.69, 9.17) is 14.6 Å². The molecule has 2 aliphatic rings. The van der Waals surface area contributed by atoms with E-state index >= 15 is 0 Å². The van der Waals surface area contributed by atoms with Crippen LogP contribution >= 0.6 is 0 Å². The van der Waals surface area contributed by atoms with Gasteiger partial charge in [-0.3, -0.25) is 9.59 Å². The first-order valence-corrected chi connectivity index (χ1v) is 7.48. The molecule has 0 aromatic heterocycles. The van der Waals surface area contributed by atoms with Gasteiger partial charge in [0.15, 0.2) is 11.5 Å². The predicted molar refractivity (Wildman–Crippen MR) is 77.9 cm³/mol. The molecule has 0 atom stereocenters. The van der Waals surface area contributed by atoms with E-state index in [0.717, 1.165) is 31.2 Å². The van der Waals surface area contributed by atoms with E-state index in [1.807, 2.05) is 6.07 Å². The number of benzene rings is 1. The molecule has 0 spiro atoms. The van der Waals surface area contributed by atoms with Gasteiger partial charge in [0.05, 0.1) is 18.4 Å². The van der Waals surface area contributed by atoms with Crippen LogP contribution in [0.5, 0.6) is 11.5 Å². The monoisotopic (exact) mass is 305 g/mol. The fourth-order valence-corrected chi connectivity index (χ4v) is 3.26. The smallest absolute Gasteiger partial charge is 0.305 e. The highest BCUT2D eigenvalue weighted by Crippen LogP contribution is 2.34. The Hall–Kier alpha value is -2.24. The lowest BCUT2D eigenvalue weighted by atomic mass is 9.92. The summed E-state index contributed by atoms with van der Waals surface area (Å²) in [6.07, 6.45) is 3.56. The zero-order valence-corrected chi connectivity index (χ0v) is 12.3. The van der Waals surface area contributed by atoms with E-state index in [9.17, 15) is 9.59 Å². The van der Waals surface area contributed by atoms with Gasteiger partial charge in [-0.15, -0.1) is 0 Å². The highest BCUT2D eigenvalue weighted by atomic mass is 16.7. The standard InChI is InChI=1S/C16H19NO5/c18-14(17-16(9-15(19)20)5-1-2-6-16)8-11-3-4-12-13(7-11)22-10-21-12/h3-4,7H,1-2,5-6,8-10H2,(H,17,18)(H,19,20). The summed E-state index contributed by atoms with van der Waals surface area (Å²) in [7, 11) is 0. The van der Waals surface area contributed by atoms with Crippen molar-refractivity contribution in [3.8, 4) is 11.5 Å². The fourth-order valence-electron chi connectivity index (χ4n) is 3.26. The predicted octanol–water partition coefficient (Wildman–Crippen LogP) is 1.86. The molecule has 1 aromatic carbocycles. The first-order chi connectivity index (χ1) is 10.6. The second kappa shape index (κ2) is 5.87. The molecule has 1 amide bonds. The summed E-state index contributed by atoms with van der Waals surface area (Å²) in [5, 5.41) is 12.0. The molecule has 1 aliphatic carbocycles. The van der Waals surface area contributed by atoms with Gasteiger partial charge in [0.25, 0.3) is 0 Å². The van der Waals surface area contributed by atoms with Crippen LogP contribution in [0.25, 0.3) is 0 Å². The van der Waals surface area contributed by atoms with Crippen LogP contribution < -0.4 is 14.8 Å². The number of carboxylic acids is 1. The van der Waals surface area contributed by atoms with Crippen molar-refractivity contribution >= 4 is 11.9 Å². The third kappa shape index (κ3) is 3.16. The zero-order chi connectivity index (χ0) is 15.6. The van der Waals surface area contributed by atoms with Crippen molar-refractivity contribution in [3.63, 3.8) is 0 Å². The van der Waals surface area contributed by atoms with E-state index < -0.39 is 11.5 Å². The van der Waals surface area contributed by atoms with Crippen molar-refractivity contribution in [2.75, 3.05) is 6.79 Å². The number of hydrogen-bond acceptors (Lipinski definition) is 4. The van der Waals surface area contributed by atoms with Gasteiger partial charge in [0, 0.05) is 0 Å². The fraction of sp³-hybridized carbons (Fsp3) is 0.500. The molecule has 118 valence electrons. The highest BCUT2D eigenvalue weighted by Gasteiger charge is 2.37. The lowest BCUT2D eigenvalue weighted by molar-refractivity contribution is -0.139. The van der Waals surface area contributed by atoms with Crippen LogP contribution in [0.1, 0.15) is 37.7 Å². The molecule has 6 heteroatoms. The summed E-state index contributed by atoms with van der Waals surface area (Å²) < 4.78 is 10.5. The number of carbonyl (C=O) groups is 2. The molecule has 0 unspecified atom stereocenters. The van der Waals surface area contributed by atoms with Gasteiger partial charge >= 0.3 is 5.97 Å². The molecule has 0 bridgehead atoms. The first-order valence-electron chi connectivity index (χ1n) is 7.48. The zero-order valence-electron chi connectivity index (χ0n) is 12.3. The minimum atomic E-state index is -0.870. The first kappa shape index (κ1) is 14.7. The van der Waals surface area contributed by atoms with Gasteiger partial charge in [-0.25, -0.2) is 0 Å². The Morgan fingerprint density at radius 3 is 2.64 bits per heavy atom. The molecule has 1 aromatic rings. The second-order valence-corrected chi connectivity index (χ2v) is 5.97. The summed E-state index contributed by atoms with van der Waals surface area (Å²) in [5.41, 5.74) is 0.240. The average molecular weight is 305 g/mol. The normalized spacial score (nSPS) is 18.2. The van der Waals surface area contributed by atoms with Crippen LogP contribution in [-0.4, -0.2) is 29.3 Å².